The number of rotatable bonds is 19. The second kappa shape index (κ2) is 29.6. The molecule has 2 aromatic rings. The third-order valence-corrected chi connectivity index (χ3v) is 17.4. The summed E-state index contributed by atoms with van der Waals surface area (Å²) in [6, 6.07) is -2.39. The molecule has 3 aliphatic rings. The standard InChI is InChI=1S/C50H74N14O12S2/c1-3-27(2)41-47(75)60-32(15-16-40(68)69)43(71)61-34(22-37(51)65)44(72)62-35(48(76)64-20-10-14-36(64)46(74)59-31(13-9-19-55-49(53)54)42(70)57-25-38(52)66)26-77-78-50(17-7-4-8-18-50)23-39(67)58-33(45(73)63-41)21-28-24-56-30-12-6-5-11-29(28)30/h5-6,11-12,24,27,31-36,41,56H,3-4,7-10,13-23,25-26H2,1-2H3,(H2,51,65)(H2,52,66)(H,57,70)(H,58,67)(H,59,74)(H,60,75)(H,61,71)(H,62,72)(H,63,73)(H,68,69)(H4,53,54,55)/t27-,31-,32-,33+,34+,35-,36-,41-/m0/s1. The number of aromatic amines is 1. The van der Waals surface area contributed by atoms with Crippen LogP contribution in [0.1, 0.15) is 109 Å². The lowest BCUT2D eigenvalue weighted by atomic mass is 9.85. The number of aromatic nitrogens is 1. The van der Waals surface area contributed by atoms with Gasteiger partial charge in [0, 0.05) is 60.0 Å². The van der Waals surface area contributed by atoms with Gasteiger partial charge in [0.2, 0.25) is 59.1 Å². The maximum atomic E-state index is 14.9. The molecule has 78 heavy (non-hydrogen) atoms. The number of hydrogen-bond donors (Lipinski definition) is 13. The summed E-state index contributed by atoms with van der Waals surface area (Å²) in [5.41, 5.74) is 23.2. The summed E-state index contributed by atoms with van der Waals surface area (Å²) >= 11 is 0. The van der Waals surface area contributed by atoms with E-state index in [1.54, 1.807) is 20.0 Å². The van der Waals surface area contributed by atoms with Crippen LogP contribution in [0.4, 0.5) is 0 Å². The van der Waals surface area contributed by atoms with E-state index in [9.17, 15) is 57.8 Å². The van der Waals surface area contributed by atoms with Gasteiger partial charge in [0.05, 0.1) is 13.0 Å². The molecule has 1 aromatic carbocycles. The van der Waals surface area contributed by atoms with Crippen molar-refractivity contribution in [2.24, 2.45) is 33.8 Å². The number of fused-ring (bicyclic) bond motifs is 1. The number of aliphatic imine (C=N–C) groups is 1. The molecule has 0 bridgehead atoms. The van der Waals surface area contributed by atoms with Crippen LogP contribution in [0.3, 0.4) is 0 Å². The summed E-state index contributed by atoms with van der Waals surface area (Å²) in [5.74, 6) is -10.5. The Balaban J connectivity index is 1.53. The number of carboxylic acids is 1. The Morgan fingerprint density at radius 1 is 0.859 bits per heavy atom. The second-order valence-corrected chi connectivity index (χ2v) is 22.8. The van der Waals surface area contributed by atoms with Crippen LogP contribution >= 0.6 is 21.6 Å². The first-order valence-corrected chi connectivity index (χ1v) is 28.5. The molecular weight excluding hydrogens is 1050 g/mol. The van der Waals surface area contributed by atoms with Crippen LogP contribution in [-0.2, 0) is 59.2 Å². The number of likely N-dealkylation sites (tertiary alicyclic amines) is 1. The molecule has 1 spiro atoms. The first kappa shape index (κ1) is 61.7. The minimum atomic E-state index is -1.78. The molecule has 1 saturated carbocycles. The number of H-pyrrole nitrogens is 1. The van der Waals surface area contributed by atoms with Gasteiger partial charge in [-0.15, -0.1) is 0 Å². The lowest BCUT2D eigenvalue weighted by Gasteiger charge is -2.37. The van der Waals surface area contributed by atoms with Crippen LogP contribution in [-0.4, -0.2) is 158 Å². The topological polar surface area (TPSA) is 428 Å². The molecule has 2 aliphatic heterocycles. The second-order valence-electron chi connectivity index (χ2n) is 20.0. The molecule has 0 unspecified atom stereocenters. The Labute approximate surface area is 459 Å². The van der Waals surface area contributed by atoms with E-state index in [0.29, 0.717) is 31.2 Å². The number of hydrogen-bond acceptors (Lipinski definition) is 14. The van der Waals surface area contributed by atoms with Gasteiger partial charge in [-0.25, -0.2) is 0 Å². The predicted octanol–water partition coefficient (Wildman–Crippen LogP) is -1.46. The Hall–Kier alpha value is -7.10. The minimum Gasteiger partial charge on any atom is -0.481 e. The molecule has 10 amide bonds. The maximum absolute atomic E-state index is 14.9. The van der Waals surface area contributed by atoms with Gasteiger partial charge in [0.15, 0.2) is 5.96 Å². The number of carboxylic acid groups (broad SMARTS) is 1. The van der Waals surface area contributed by atoms with Crippen molar-refractivity contribution < 1.29 is 57.8 Å². The highest BCUT2D eigenvalue weighted by Gasteiger charge is 2.42. The van der Waals surface area contributed by atoms with Crippen molar-refractivity contribution in [3.05, 3.63) is 36.0 Å². The van der Waals surface area contributed by atoms with Crippen molar-refractivity contribution in [3.8, 4) is 0 Å². The van der Waals surface area contributed by atoms with E-state index in [4.69, 9.17) is 22.9 Å². The Morgan fingerprint density at radius 3 is 2.23 bits per heavy atom. The van der Waals surface area contributed by atoms with E-state index in [1.807, 2.05) is 24.3 Å². The third-order valence-electron chi connectivity index (χ3n) is 14.0. The summed E-state index contributed by atoms with van der Waals surface area (Å²) in [6.45, 7) is 3.08. The van der Waals surface area contributed by atoms with Gasteiger partial charge in [-0.05, 0) is 62.5 Å². The molecule has 3 heterocycles. The number of nitrogens with two attached hydrogens (primary N) is 4. The van der Waals surface area contributed by atoms with Crippen LogP contribution in [0.5, 0.6) is 0 Å². The highest BCUT2D eigenvalue weighted by Crippen LogP contribution is 2.48. The van der Waals surface area contributed by atoms with Crippen molar-refractivity contribution in [1.82, 2.24) is 47.1 Å². The van der Waals surface area contributed by atoms with E-state index >= 15 is 0 Å². The van der Waals surface area contributed by atoms with Gasteiger partial charge in [0.25, 0.3) is 0 Å². The fourth-order valence-corrected chi connectivity index (χ4v) is 13.1. The summed E-state index contributed by atoms with van der Waals surface area (Å²) in [4.78, 5) is 159. The van der Waals surface area contributed by atoms with Crippen molar-refractivity contribution in [2.75, 3.05) is 25.4 Å². The molecule has 3 fully saturated rings. The summed E-state index contributed by atoms with van der Waals surface area (Å²) in [7, 11) is 2.52. The number of primary amides is 2. The van der Waals surface area contributed by atoms with E-state index < -0.39 is 144 Å². The van der Waals surface area contributed by atoms with Crippen LogP contribution in [0.2, 0.25) is 0 Å². The zero-order valence-corrected chi connectivity index (χ0v) is 45.5. The Morgan fingerprint density at radius 2 is 1.55 bits per heavy atom. The van der Waals surface area contributed by atoms with E-state index in [-0.39, 0.29) is 56.9 Å². The molecule has 0 radical (unpaired) electrons. The average molecular weight is 1130 g/mol. The number of carbonyl (C=O) groups is 11. The molecule has 17 N–H and O–H groups in total. The lowest BCUT2D eigenvalue weighted by molar-refractivity contribution is -0.142. The summed E-state index contributed by atoms with van der Waals surface area (Å²) < 4.78 is -0.735. The first-order chi connectivity index (χ1) is 37.1. The van der Waals surface area contributed by atoms with Gasteiger partial charge in [0.1, 0.15) is 42.3 Å². The number of carbonyl (C=O) groups excluding carboxylic acids is 10. The molecule has 1 aliphatic carbocycles. The number of nitrogens with one attached hydrogen (secondary N) is 8. The van der Waals surface area contributed by atoms with Crippen molar-refractivity contribution in [1.29, 1.82) is 0 Å². The van der Waals surface area contributed by atoms with Crippen LogP contribution < -0.4 is 60.2 Å². The fourth-order valence-electron chi connectivity index (χ4n) is 9.71. The van der Waals surface area contributed by atoms with Crippen LogP contribution in [0.15, 0.2) is 35.5 Å². The zero-order chi connectivity index (χ0) is 57.1. The van der Waals surface area contributed by atoms with Gasteiger partial charge < -0.3 is 75.1 Å². The first-order valence-electron chi connectivity index (χ1n) is 26.2. The monoisotopic (exact) mass is 1130 g/mol. The lowest BCUT2D eigenvalue weighted by Crippen LogP contribution is -2.61. The van der Waals surface area contributed by atoms with Gasteiger partial charge in [-0.2, -0.15) is 0 Å². The van der Waals surface area contributed by atoms with Crippen LogP contribution in [0.25, 0.3) is 10.9 Å². The zero-order valence-electron chi connectivity index (χ0n) is 43.9. The van der Waals surface area contributed by atoms with Gasteiger partial charge in [-0.1, -0.05) is 79.3 Å². The summed E-state index contributed by atoms with van der Waals surface area (Å²) in [6.07, 6.45) is 4.35. The van der Waals surface area contributed by atoms with Crippen molar-refractivity contribution >= 4 is 103 Å². The predicted molar refractivity (Wildman–Crippen MR) is 291 cm³/mol. The third kappa shape index (κ3) is 18.3. The smallest absolute Gasteiger partial charge is 0.303 e. The molecule has 1 aromatic heterocycles. The number of para-hydroxylation sites is 1. The SMILES string of the molecule is CC[C@H](C)[C@@H]1NC(=O)[C@@H](Cc2c[nH]c3ccccc23)NC(=O)CC2(CCCCC2)SSC[C@@H](C(=O)N2CCC[C@H]2C(=O)N[C@@H](CCCN=C(N)N)C(=O)NCC(N)=O)NC(=O)[C@@H](CC(N)=O)NC(=O)[C@H](CCC(=O)O)NC1=O. The van der Waals surface area contributed by atoms with Gasteiger partial charge in [-0.3, -0.25) is 57.7 Å². The Kier molecular flexibility index (Phi) is 23.4. The van der Waals surface area contributed by atoms with E-state index in [0.717, 1.165) is 30.2 Å². The van der Waals surface area contributed by atoms with Crippen LogP contribution in [0, 0.1) is 5.92 Å². The highest BCUT2D eigenvalue weighted by molar-refractivity contribution is 8.77. The number of guanidine groups is 1. The largest absolute Gasteiger partial charge is 0.481 e. The molecular formula is C50H74N14O12S2. The van der Waals surface area contributed by atoms with E-state index in [1.165, 1.54) is 26.5 Å². The molecule has 428 valence electrons. The number of aliphatic carboxylic acids is 1. The number of nitrogens with zero attached hydrogens (tertiary/aromatic N) is 2. The quantitative estimate of drug-likeness (QED) is 0.0331. The molecule has 28 heteroatoms. The normalized spacial score (nSPS) is 23.5. The van der Waals surface area contributed by atoms with E-state index in [2.05, 4.69) is 47.2 Å². The summed E-state index contributed by atoms with van der Waals surface area (Å²) in [5, 5.41) is 28.9. The van der Waals surface area contributed by atoms with Crippen molar-refractivity contribution in [3.63, 3.8) is 0 Å². The maximum Gasteiger partial charge on any atom is 0.303 e. The fraction of sp³-hybridized carbons (Fsp3) is 0.600. The molecule has 2 saturated heterocycles. The van der Waals surface area contributed by atoms with Crippen molar-refractivity contribution in [2.45, 2.75) is 157 Å². The number of amides is 10. The molecule has 8 atom stereocenters. The minimum absolute atomic E-state index is 0.0117. The molecule has 26 nitrogen and oxygen atoms in total. The Bertz CT molecular complexity index is 2550. The molecule has 5 rings (SSSR count). The van der Waals surface area contributed by atoms with Gasteiger partial charge >= 0.3 is 5.97 Å². The highest BCUT2D eigenvalue weighted by atomic mass is 33.1. The number of benzene rings is 1. The average Bonchev–Trinajstić information content (AvgIpc) is 4.07.